The van der Waals surface area contributed by atoms with Gasteiger partial charge in [0.15, 0.2) is 0 Å². The third-order valence-electron chi connectivity index (χ3n) is 3.60. The van der Waals surface area contributed by atoms with Gasteiger partial charge in [-0.2, -0.15) is 0 Å². The lowest BCUT2D eigenvalue weighted by molar-refractivity contribution is 0.0790. The van der Waals surface area contributed by atoms with Crippen LogP contribution in [0.15, 0.2) is 12.7 Å². The molecule has 2 heteroatoms. The van der Waals surface area contributed by atoms with E-state index in [-0.39, 0.29) is 5.41 Å². The molecule has 0 spiro atoms. The molecular formula is C13H25NO. The largest absolute Gasteiger partial charge is 0.396 e. The van der Waals surface area contributed by atoms with Gasteiger partial charge in [0.05, 0.1) is 0 Å². The first kappa shape index (κ1) is 12.7. The summed E-state index contributed by atoms with van der Waals surface area (Å²) in [6, 6.07) is 0.479. The Morgan fingerprint density at radius 3 is 2.60 bits per heavy atom. The topological polar surface area (TPSA) is 32.3 Å². The average molecular weight is 211 g/mol. The van der Waals surface area contributed by atoms with Crippen molar-refractivity contribution in [1.29, 1.82) is 0 Å². The van der Waals surface area contributed by atoms with Gasteiger partial charge in [-0.25, -0.2) is 0 Å². The van der Waals surface area contributed by atoms with Crippen LogP contribution in [-0.4, -0.2) is 24.3 Å². The number of rotatable bonds is 6. The molecule has 0 aromatic heterocycles. The molecule has 1 aliphatic carbocycles. The van der Waals surface area contributed by atoms with Crippen LogP contribution in [0, 0.1) is 5.41 Å². The van der Waals surface area contributed by atoms with E-state index in [0.717, 1.165) is 13.0 Å². The zero-order valence-electron chi connectivity index (χ0n) is 9.97. The summed E-state index contributed by atoms with van der Waals surface area (Å²) < 4.78 is 0. The Labute approximate surface area is 93.8 Å². The molecule has 0 saturated heterocycles. The van der Waals surface area contributed by atoms with E-state index in [1.54, 1.807) is 0 Å². The molecule has 2 nitrogen and oxygen atoms in total. The molecule has 1 rings (SSSR count). The highest BCUT2D eigenvalue weighted by Gasteiger charge is 2.31. The van der Waals surface area contributed by atoms with Crippen LogP contribution in [-0.2, 0) is 0 Å². The molecule has 1 atom stereocenters. The predicted molar refractivity (Wildman–Crippen MR) is 64.9 cm³/mol. The van der Waals surface area contributed by atoms with Gasteiger partial charge in [0.2, 0.25) is 0 Å². The normalized spacial score (nSPS) is 22.3. The second kappa shape index (κ2) is 6.29. The van der Waals surface area contributed by atoms with Crippen LogP contribution in [0.4, 0.5) is 0 Å². The van der Waals surface area contributed by atoms with Crippen LogP contribution in [0.1, 0.15) is 45.4 Å². The van der Waals surface area contributed by atoms with Crippen molar-refractivity contribution in [3.8, 4) is 0 Å². The molecule has 0 amide bonds. The summed E-state index contributed by atoms with van der Waals surface area (Å²) >= 11 is 0. The summed E-state index contributed by atoms with van der Waals surface area (Å²) in [5.41, 5.74) is 0.160. The standard InChI is InChI=1S/C13H25NO/c1-3-7-12(2)14-10-13(11-15)8-5-4-6-9-13/h3,12,14-15H,1,4-11H2,2H3. The Bertz CT molecular complexity index is 185. The minimum atomic E-state index is 0.160. The zero-order chi connectivity index (χ0) is 11.1. The van der Waals surface area contributed by atoms with Crippen LogP contribution >= 0.6 is 0 Å². The van der Waals surface area contributed by atoms with E-state index in [1.165, 1.54) is 32.1 Å². The molecule has 0 aromatic rings. The van der Waals surface area contributed by atoms with Crippen molar-refractivity contribution in [3.05, 3.63) is 12.7 Å². The third kappa shape index (κ3) is 3.96. The summed E-state index contributed by atoms with van der Waals surface area (Å²) in [5.74, 6) is 0. The number of nitrogens with one attached hydrogen (secondary N) is 1. The highest BCUT2D eigenvalue weighted by atomic mass is 16.3. The Morgan fingerprint density at radius 2 is 2.07 bits per heavy atom. The maximum atomic E-state index is 9.52. The minimum absolute atomic E-state index is 0.160. The Balaban J connectivity index is 2.34. The van der Waals surface area contributed by atoms with Crippen LogP contribution in [0.25, 0.3) is 0 Å². The average Bonchev–Trinajstić information content (AvgIpc) is 2.28. The van der Waals surface area contributed by atoms with Gasteiger partial charge >= 0.3 is 0 Å². The fourth-order valence-corrected chi connectivity index (χ4v) is 2.42. The van der Waals surface area contributed by atoms with Crippen LogP contribution in [0.2, 0.25) is 0 Å². The Morgan fingerprint density at radius 1 is 1.40 bits per heavy atom. The van der Waals surface area contributed by atoms with Crippen LogP contribution < -0.4 is 5.32 Å². The first-order valence-corrected chi connectivity index (χ1v) is 6.17. The van der Waals surface area contributed by atoms with Crippen molar-refractivity contribution in [2.45, 2.75) is 51.5 Å². The van der Waals surface area contributed by atoms with E-state index in [4.69, 9.17) is 0 Å². The van der Waals surface area contributed by atoms with Gasteiger partial charge in [-0.1, -0.05) is 25.3 Å². The first-order valence-electron chi connectivity index (χ1n) is 6.17. The van der Waals surface area contributed by atoms with Gasteiger partial charge < -0.3 is 10.4 Å². The lowest BCUT2D eigenvalue weighted by Crippen LogP contribution is -2.42. The van der Waals surface area contributed by atoms with E-state index in [1.807, 2.05) is 6.08 Å². The van der Waals surface area contributed by atoms with Crippen molar-refractivity contribution in [1.82, 2.24) is 5.32 Å². The summed E-state index contributed by atoms with van der Waals surface area (Å²) in [4.78, 5) is 0. The second-order valence-electron chi connectivity index (χ2n) is 5.03. The monoisotopic (exact) mass is 211 g/mol. The smallest absolute Gasteiger partial charge is 0.0499 e. The first-order chi connectivity index (χ1) is 7.22. The third-order valence-corrected chi connectivity index (χ3v) is 3.60. The maximum absolute atomic E-state index is 9.52. The van der Waals surface area contributed by atoms with Gasteiger partial charge in [-0.15, -0.1) is 6.58 Å². The van der Waals surface area contributed by atoms with Crippen molar-refractivity contribution in [2.75, 3.05) is 13.2 Å². The fourth-order valence-electron chi connectivity index (χ4n) is 2.42. The minimum Gasteiger partial charge on any atom is -0.396 e. The Hall–Kier alpha value is -0.340. The predicted octanol–water partition coefficient (Wildman–Crippen LogP) is 2.48. The van der Waals surface area contributed by atoms with Gasteiger partial charge in [0.25, 0.3) is 0 Å². The molecular weight excluding hydrogens is 186 g/mol. The van der Waals surface area contributed by atoms with Gasteiger partial charge in [0.1, 0.15) is 0 Å². The SMILES string of the molecule is C=CCC(C)NCC1(CO)CCCCC1. The molecule has 1 aliphatic rings. The van der Waals surface area contributed by atoms with Crippen LogP contribution in [0.3, 0.4) is 0 Å². The Kier molecular flexibility index (Phi) is 5.34. The lowest BCUT2D eigenvalue weighted by Gasteiger charge is -2.36. The van der Waals surface area contributed by atoms with Gasteiger partial charge in [-0.05, 0) is 26.2 Å². The molecule has 0 radical (unpaired) electrons. The maximum Gasteiger partial charge on any atom is 0.0499 e. The zero-order valence-corrected chi connectivity index (χ0v) is 9.97. The molecule has 15 heavy (non-hydrogen) atoms. The van der Waals surface area contributed by atoms with Crippen LogP contribution in [0.5, 0.6) is 0 Å². The molecule has 88 valence electrons. The van der Waals surface area contributed by atoms with Crippen molar-refractivity contribution < 1.29 is 5.11 Å². The van der Waals surface area contributed by atoms with Gasteiger partial charge in [0, 0.05) is 24.6 Å². The summed E-state index contributed by atoms with van der Waals surface area (Å²) in [6.45, 7) is 7.21. The summed E-state index contributed by atoms with van der Waals surface area (Å²) in [5, 5.41) is 13.0. The van der Waals surface area contributed by atoms with E-state index < -0.39 is 0 Å². The van der Waals surface area contributed by atoms with Gasteiger partial charge in [-0.3, -0.25) is 0 Å². The molecule has 0 bridgehead atoms. The highest BCUT2D eigenvalue weighted by molar-refractivity contribution is 4.86. The number of hydrogen-bond donors (Lipinski definition) is 2. The molecule has 1 fully saturated rings. The molecule has 0 aromatic carbocycles. The van der Waals surface area contributed by atoms with E-state index in [9.17, 15) is 5.11 Å². The number of aliphatic hydroxyl groups is 1. The van der Waals surface area contributed by atoms with Crippen molar-refractivity contribution in [2.24, 2.45) is 5.41 Å². The second-order valence-corrected chi connectivity index (χ2v) is 5.03. The molecule has 2 N–H and O–H groups in total. The van der Waals surface area contributed by atoms with Crippen molar-refractivity contribution >= 4 is 0 Å². The fraction of sp³-hybridized carbons (Fsp3) is 0.846. The number of hydrogen-bond acceptors (Lipinski definition) is 2. The highest BCUT2D eigenvalue weighted by Crippen LogP contribution is 2.35. The molecule has 1 unspecified atom stereocenters. The lowest BCUT2D eigenvalue weighted by atomic mass is 9.74. The van der Waals surface area contributed by atoms with E-state index in [2.05, 4.69) is 18.8 Å². The van der Waals surface area contributed by atoms with Crippen molar-refractivity contribution in [3.63, 3.8) is 0 Å². The molecule has 0 heterocycles. The molecule has 1 saturated carbocycles. The molecule has 0 aliphatic heterocycles. The summed E-state index contributed by atoms with van der Waals surface area (Å²) in [6.07, 6.45) is 9.19. The number of aliphatic hydroxyl groups excluding tert-OH is 1. The quantitative estimate of drug-likeness (QED) is 0.662. The van der Waals surface area contributed by atoms with E-state index >= 15 is 0 Å². The van der Waals surface area contributed by atoms with E-state index in [0.29, 0.717) is 12.6 Å². The summed E-state index contributed by atoms with van der Waals surface area (Å²) in [7, 11) is 0.